The lowest BCUT2D eigenvalue weighted by molar-refractivity contribution is 0.447. The summed E-state index contributed by atoms with van der Waals surface area (Å²) in [5.74, 6) is 1.12. The Morgan fingerprint density at radius 3 is 2.89 bits per heavy atom. The Bertz CT molecular complexity index is 685. The highest BCUT2D eigenvalue weighted by Gasteiger charge is 2.08. The minimum atomic E-state index is 0.471. The number of rotatable bonds is 3. The fourth-order valence-corrected chi connectivity index (χ4v) is 1.85. The van der Waals surface area contributed by atoms with E-state index in [1.54, 1.807) is 13.1 Å². The van der Waals surface area contributed by atoms with Gasteiger partial charge in [0.05, 0.1) is 11.7 Å². The second kappa shape index (κ2) is 4.21. The molecule has 0 aromatic carbocycles. The molecule has 0 aliphatic heterocycles. The second-order valence-electron chi connectivity index (χ2n) is 4.12. The maximum atomic E-state index is 5.36. The Morgan fingerprint density at radius 2 is 2.17 bits per heavy atom. The van der Waals surface area contributed by atoms with Crippen molar-refractivity contribution in [2.24, 2.45) is 0 Å². The molecule has 3 aromatic rings. The molecule has 0 N–H and O–H groups in total. The molecule has 0 aliphatic carbocycles. The van der Waals surface area contributed by atoms with Gasteiger partial charge in [-0.25, -0.2) is 0 Å². The predicted molar refractivity (Wildman–Crippen MR) is 65.0 cm³/mol. The van der Waals surface area contributed by atoms with Gasteiger partial charge in [0.2, 0.25) is 11.8 Å². The first-order chi connectivity index (χ1) is 8.76. The molecule has 0 unspecified atom stereocenters. The molecule has 3 aromatic heterocycles. The van der Waals surface area contributed by atoms with E-state index in [2.05, 4.69) is 33.3 Å². The van der Waals surface area contributed by atoms with Gasteiger partial charge in [-0.1, -0.05) is 6.92 Å². The minimum absolute atomic E-state index is 0.471. The first kappa shape index (κ1) is 10.9. The van der Waals surface area contributed by atoms with Gasteiger partial charge in [0.25, 0.3) is 0 Å². The number of pyridine rings is 1. The van der Waals surface area contributed by atoms with Gasteiger partial charge < -0.3 is 4.42 Å². The maximum absolute atomic E-state index is 5.36. The van der Waals surface area contributed by atoms with Crippen LogP contribution in [0.2, 0.25) is 0 Å². The van der Waals surface area contributed by atoms with E-state index >= 15 is 0 Å². The smallest absolute Gasteiger partial charge is 0.237 e. The fraction of sp³-hybridized carbons (Fsp3) is 0.333. The van der Waals surface area contributed by atoms with Crippen molar-refractivity contribution >= 4 is 11.0 Å². The molecule has 0 amide bonds. The largest absolute Gasteiger partial charge is 0.424 e. The number of nitrogens with zero attached hydrogens (tertiary/aromatic N) is 5. The fourth-order valence-electron chi connectivity index (χ4n) is 1.85. The highest BCUT2D eigenvalue weighted by molar-refractivity contribution is 5.74. The highest BCUT2D eigenvalue weighted by Crippen LogP contribution is 2.14. The van der Waals surface area contributed by atoms with Crippen LogP contribution >= 0.6 is 0 Å². The third kappa shape index (κ3) is 1.85. The third-order valence-electron chi connectivity index (χ3n) is 2.81. The first-order valence-electron chi connectivity index (χ1n) is 5.85. The van der Waals surface area contributed by atoms with Crippen LogP contribution in [0.15, 0.2) is 22.9 Å². The summed E-state index contributed by atoms with van der Waals surface area (Å²) in [6.07, 6.45) is 4.58. The van der Waals surface area contributed by atoms with Crippen molar-refractivity contribution in [2.75, 3.05) is 0 Å². The summed E-state index contributed by atoms with van der Waals surface area (Å²) in [6, 6.07) is 2.10. The third-order valence-corrected chi connectivity index (χ3v) is 2.81. The van der Waals surface area contributed by atoms with E-state index in [1.807, 2.05) is 10.9 Å². The van der Waals surface area contributed by atoms with Crippen molar-refractivity contribution < 1.29 is 4.42 Å². The molecule has 0 saturated heterocycles. The van der Waals surface area contributed by atoms with Crippen LogP contribution in [0.4, 0.5) is 0 Å². The van der Waals surface area contributed by atoms with Crippen LogP contribution in [0.5, 0.6) is 0 Å². The zero-order chi connectivity index (χ0) is 12.5. The van der Waals surface area contributed by atoms with Crippen molar-refractivity contribution in [1.29, 1.82) is 0 Å². The Balaban J connectivity index is 2.01. The molecule has 92 valence electrons. The Morgan fingerprint density at radius 1 is 1.28 bits per heavy atom. The van der Waals surface area contributed by atoms with Gasteiger partial charge in [-0.05, 0) is 18.1 Å². The predicted octanol–water partition coefficient (Wildman–Crippen LogP) is 1.73. The maximum Gasteiger partial charge on any atom is 0.237 e. The van der Waals surface area contributed by atoms with Gasteiger partial charge in [-0.15, -0.1) is 10.2 Å². The molecule has 0 fully saturated rings. The lowest BCUT2D eigenvalue weighted by Gasteiger charge is -2.01. The molecule has 0 radical (unpaired) electrons. The lowest BCUT2D eigenvalue weighted by atomic mass is 10.2. The summed E-state index contributed by atoms with van der Waals surface area (Å²) in [5.41, 5.74) is 3.06. The van der Waals surface area contributed by atoms with Gasteiger partial charge in [-0.3, -0.25) is 9.67 Å². The van der Waals surface area contributed by atoms with Crippen LogP contribution in [-0.4, -0.2) is 25.0 Å². The number of hydrogen-bond donors (Lipinski definition) is 0. The van der Waals surface area contributed by atoms with Crippen LogP contribution in [-0.2, 0) is 13.0 Å². The summed E-state index contributed by atoms with van der Waals surface area (Å²) >= 11 is 0. The monoisotopic (exact) mass is 243 g/mol. The van der Waals surface area contributed by atoms with Gasteiger partial charge in [0, 0.05) is 13.1 Å². The van der Waals surface area contributed by atoms with E-state index in [1.165, 1.54) is 5.56 Å². The van der Waals surface area contributed by atoms with Crippen molar-refractivity contribution in [2.45, 2.75) is 26.8 Å². The average molecular weight is 243 g/mol. The van der Waals surface area contributed by atoms with Crippen molar-refractivity contribution in [3.05, 3.63) is 35.8 Å². The van der Waals surface area contributed by atoms with E-state index < -0.39 is 0 Å². The Kier molecular flexibility index (Phi) is 2.55. The standard InChI is InChI=1S/C12H13N5O/c1-3-9-4-11-10(13-5-9)6-14-17(11)7-12-16-15-8(2)18-12/h4-6H,3,7H2,1-2H3. The van der Waals surface area contributed by atoms with Crippen molar-refractivity contribution in [1.82, 2.24) is 25.0 Å². The Hall–Kier alpha value is -2.24. The van der Waals surface area contributed by atoms with E-state index in [0.29, 0.717) is 18.3 Å². The minimum Gasteiger partial charge on any atom is -0.424 e. The highest BCUT2D eigenvalue weighted by atomic mass is 16.4. The van der Waals surface area contributed by atoms with Crippen molar-refractivity contribution in [3.8, 4) is 0 Å². The van der Waals surface area contributed by atoms with Crippen LogP contribution in [0, 0.1) is 6.92 Å². The van der Waals surface area contributed by atoms with Gasteiger partial charge in [0.15, 0.2) is 0 Å². The number of aromatic nitrogens is 5. The van der Waals surface area contributed by atoms with Crippen LogP contribution in [0.1, 0.15) is 24.3 Å². The van der Waals surface area contributed by atoms with Gasteiger partial charge >= 0.3 is 0 Å². The van der Waals surface area contributed by atoms with Crippen LogP contribution in [0.3, 0.4) is 0 Å². The van der Waals surface area contributed by atoms with Crippen LogP contribution < -0.4 is 0 Å². The topological polar surface area (TPSA) is 69.6 Å². The zero-order valence-corrected chi connectivity index (χ0v) is 10.3. The average Bonchev–Trinajstić information content (AvgIpc) is 2.96. The summed E-state index contributed by atoms with van der Waals surface area (Å²) in [5, 5.41) is 12.1. The van der Waals surface area contributed by atoms with E-state index in [0.717, 1.165) is 17.5 Å². The molecule has 18 heavy (non-hydrogen) atoms. The number of fused-ring (bicyclic) bond motifs is 1. The summed E-state index contributed by atoms with van der Waals surface area (Å²) in [4.78, 5) is 4.37. The molecule has 6 nitrogen and oxygen atoms in total. The molecule has 0 saturated carbocycles. The SMILES string of the molecule is CCc1cnc2cnn(Cc3nnc(C)o3)c2c1. The first-order valence-corrected chi connectivity index (χ1v) is 5.85. The number of hydrogen-bond acceptors (Lipinski definition) is 5. The molecule has 0 aliphatic rings. The molecular weight excluding hydrogens is 230 g/mol. The molecule has 3 heterocycles. The normalized spacial score (nSPS) is 11.2. The van der Waals surface area contributed by atoms with Gasteiger partial charge in [0.1, 0.15) is 12.1 Å². The van der Waals surface area contributed by atoms with Gasteiger partial charge in [-0.2, -0.15) is 5.10 Å². The lowest BCUT2D eigenvalue weighted by Crippen LogP contribution is -2.02. The molecule has 0 atom stereocenters. The zero-order valence-electron chi connectivity index (χ0n) is 10.3. The van der Waals surface area contributed by atoms with E-state index in [-0.39, 0.29) is 0 Å². The Labute approximate surface area is 104 Å². The molecule has 3 rings (SSSR count). The molecule has 0 spiro atoms. The molecular formula is C12H13N5O. The van der Waals surface area contributed by atoms with E-state index in [9.17, 15) is 0 Å². The van der Waals surface area contributed by atoms with Crippen LogP contribution in [0.25, 0.3) is 11.0 Å². The summed E-state index contributed by atoms with van der Waals surface area (Å²) in [6.45, 7) is 4.35. The number of aryl methyl sites for hydroxylation is 2. The quantitative estimate of drug-likeness (QED) is 0.700. The summed E-state index contributed by atoms with van der Waals surface area (Å²) < 4.78 is 7.19. The van der Waals surface area contributed by atoms with E-state index in [4.69, 9.17) is 4.42 Å². The second-order valence-corrected chi connectivity index (χ2v) is 4.12. The molecule has 6 heteroatoms. The summed E-state index contributed by atoms with van der Waals surface area (Å²) in [7, 11) is 0. The van der Waals surface area contributed by atoms with Crippen molar-refractivity contribution in [3.63, 3.8) is 0 Å². The molecule has 0 bridgehead atoms.